The van der Waals surface area contributed by atoms with E-state index in [0.717, 1.165) is 19.3 Å². The molecule has 0 aromatic heterocycles. The Morgan fingerprint density at radius 3 is 2.64 bits per heavy atom. The topological polar surface area (TPSA) is 94.2 Å². The van der Waals surface area contributed by atoms with Gasteiger partial charge in [0.05, 0.1) is 11.9 Å². The first-order valence-corrected chi connectivity index (χ1v) is 11.4. The second-order valence-electron chi connectivity index (χ2n) is 7.50. The first-order valence-electron chi connectivity index (χ1n) is 9.81. The van der Waals surface area contributed by atoms with Crippen LogP contribution in [0.3, 0.4) is 0 Å². The molecule has 8 nitrogen and oxygen atoms in total. The van der Waals surface area contributed by atoms with Gasteiger partial charge in [0.1, 0.15) is 0 Å². The molecule has 3 heterocycles. The number of fused-ring (bicyclic) bond motifs is 1. The Hall–Kier alpha value is -1.84. The molecule has 1 atom stereocenters. The van der Waals surface area contributed by atoms with Gasteiger partial charge in [-0.05, 0) is 44.2 Å². The third-order valence-electron chi connectivity index (χ3n) is 5.53. The third kappa shape index (κ3) is 4.42. The predicted octanol–water partition coefficient (Wildman–Crippen LogP) is 1.96. The maximum Gasteiger partial charge on any atom is 0.231 e. The number of carbonyl (C=O) groups is 1. The minimum atomic E-state index is -3.35. The fraction of sp³-hybridized carbons (Fsp3) is 0.632. The molecule has 3 aliphatic heterocycles. The number of ether oxygens (including phenoxy) is 3. The van der Waals surface area contributed by atoms with Crippen LogP contribution >= 0.6 is 0 Å². The Kier molecular flexibility index (Phi) is 5.75. The molecule has 0 spiro atoms. The van der Waals surface area contributed by atoms with E-state index in [1.165, 1.54) is 4.31 Å². The Morgan fingerprint density at radius 1 is 1.11 bits per heavy atom. The Bertz CT molecular complexity index is 814. The number of nitrogens with zero attached hydrogens (tertiary/aromatic N) is 1. The highest BCUT2D eigenvalue weighted by atomic mass is 32.2. The van der Waals surface area contributed by atoms with Crippen molar-refractivity contribution >= 4 is 21.6 Å². The van der Waals surface area contributed by atoms with E-state index in [4.69, 9.17) is 14.2 Å². The van der Waals surface area contributed by atoms with Gasteiger partial charge < -0.3 is 19.5 Å². The fourth-order valence-corrected chi connectivity index (χ4v) is 5.60. The average Bonchev–Trinajstić information content (AvgIpc) is 3.16. The van der Waals surface area contributed by atoms with E-state index in [1.54, 1.807) is 18.2 Å². The number of amides is 1. The van der Waals surface area contributed by atoms with Crippen molar-refractivity contribution in [2.45, 2.75) is 38.2 Å². The summed E-state index contributed by atoms with van der Waals surface area (Å²) in [5.41, 5.74) is 0.652. The molecule has 0 saturated carbocycles. The van der Waals surface area contributed by atoms with Crippen molar-refractivity contribution in [2.75, 3.05) is 37.6 Å². The van der Waals surface area contributed by atoms with Crippen LogP contribution in [0.4, 0.5) is 5.69 Å². The van der Waals surface area contributed by atoms with E-state index in [2.05, 4.69) is 5.32 Å². The largest absolute Gasteiger partial charge is 0.454 e. The summed E-state index contributed by atoms with van der Waals surface area (Å²) in [4.78, 5) is 12.6. The van der Waals surface area contributed by atoms with Gasteiger partial charge in [-0.3, -0.25) is 4.79 Å². The van der Waals surface area contributed by atoms with Gasteiger partial charge in [0, 0.05) is 37.4 Å². The van der Waals surface area contributed by atoms with Crippen molar-refractivity contribution in [2.24, 2.45) is 5.92 Å². The van der Waals surface area contributed by atoms with Crippen LogP contribution < -0.4 is 14.8 Å². The van der Waals surface area contributed by atoms with Crippen LogP contribution in [0.1, 0.15) is 32.1 Å². The number of piperidine rings is 1. The molecule has 1 unspecified atom stereocenters. The smallest absolute Gasteiger partial charge is 0.231 e. The van der Waals surface area contributed by atoms with Gasteiger partial charge in [0.15, 0.2) is 11.5 Å². The van der Waals surface area contributed by atoms with Crippen LogP contribution in [0.5, 0.6) is 11.5 Å². The SMILES string of the molecule is O=C(Nc1ccc2c(c1)OCO2)C1CCN(S(=O)(=O)CC2CCCCO2)CC1. The van der Waals surface area contributed by atoms with Crippen molar-refractivity contribution in [1.82, 2.24) is 4.31 Å². The summed E-state index contributed by atoms with van der Waals surface area (Å²) in [5.74, 6) is 1.03. The Balaban J connectivity index is 1.29. The Labute approximate surface area is 165 Å². The normalized spacial score (nSPS) is 23.5. The number of carbonyl (C=O) groups excluding carboxylic acids is 1. The molecule has 1 amide bonds. The molecular formula is C19H26N2O6S. The summed E-state index contributed by atoms with van der Waals surface area (Å²) >= 11 is 0. The van der Waals surface area contributed by atoms with Crippen LogP contribution in [-0.2, 0) is 19.6 Å². The van der Waals surface area contributed by atoms with Crippen molar-refractivity contribution < 1.29 is 27.4 Å². The summed E-state index contributed by atoms with van der Waals surface area (Å²) in [6.45, 7) is 1.57. The number of sulfonamides is 1. The lowest BCUT2D eigenvalue weighted by atomic mass is 9.97. The summed E-state index contributed by atoms with van der Waals surface area (Å²) in [6, 6.07) is 5.28. The fourth-order valence-electron chi connectivity index (χ4n) is 3.89. The lowest BCUT2D eigenvalue weighted by Crippen LogP contribution is -2.44. The summed E-state index contributed by atoms with van der Waals surface area (Å²) < 4.78 is 43.0. The van der Waals surface area contributed by atoms with Gasteiger partial charge >= 0.3 is 0 Å². The van der Waals surface area contributed by atoms with Crippen molar-refractivity contribution in [3.8, 4) is 11.5 Å². The van der Waals surface area contributed by atoms with Gasteiger partial charge in [0.25, 0.3) is 0 Å². The minimum absolute atomic E-state index is 0.0427. The number of rotatable bonds is 5. The zero-order valence-corrected chi connectivity index (χ0v) is 16.6. The molecule has 154 valence electrons. The molecular weight excluding hydrogens is 384 g/mol. The van der Waals surface area contributed by atoms with Crippen LogP contribution in [0.25, 0.3) is 0 Å². The molecule has 1 aromatic carbocycles. The molecule has 0 aliphatic carbocycles. The zero-order chi connectivity index (χ0) is 19.6. The van der Waals surface area contributed by atoms with E-state index in [0.29, 0.717) is 49.7 Å². The van der Waals surface area contributed by atoms with E-state index < -0.39 is 10.0 Å². The lowest BCUT2D eigenvalue weighted by Gasteiger charge is -2.32. The number of hydrogen-bond donors (Lipinski definition) is 1. The second kappa shape index (κ2) is 8.26. The van der Waals surface area contributed by atoms with Gasteiger partial charge in [0.2, 0.25) is 22.7 Å². The number of hydrogen-bond acceptors (Lipinski definition) is 6. The maximum atomic E-state index is 12.6. The molecule has 9 heteroatoms. The third-order valence-corrected chi connectivity index (χ3v) is 7.47. The van der Waals surface area contributed by atoms with E-state index in [1.807, 2.05) is 0 Å². The van der Waals surface area contributed by atoms with E-state index in [-0.39, 0.29) is 30.5 Å². The summed E-state index contributed by atoms with van der Waals surface area (Å²) in [6.07, 6.45) is 3.64. The number of nitrogens with one attached hydrogen (secondary N) is 1. The molecule has 2 saturated heterocycles. The first kappa shape index (κ1) is 19.5. The quantitative estimate of drug-likeness (QED) is 0.798. The highest BCUT2D eigenvalue weighted by Gasteiger charge is 2.33. The molecule has 1 aromatic rings. The maximum absolute atomic E-state index is 12.6. The van der Waals surface area contributed by atoms with Gasteiger partial charge in [-0.25, -0.2) is 12.7 Å². The molecule has 28 heavy (non-hydrogen) atoms. The lowest BCUT2D eigenvalue weighted by molar-refractivity contribution is -0.120. The first-order chi connectivity index (χ1) is 13.5. The minimum Gasteiger partial charge on any atom is -0.454 e. The van der Waals surface area contributed by atoms with Crippen LogP contribution in [0.2, 0.25) is 0 Å². The molecule has 2 fully saturated rings. The summed E-state index contributed by atoms with van der Waals surface area (Å²) in [5, 5.41) is 2.90. The highest BCUT2D eigenvalue weighted by molar-refractivity contribution is 7.89. The van der Waals surface area contributed by atoms with Crippen molar-refractivity contribution in [1.29, 1.82) is 0 Å². The number of anilines is 1. The zero-order valence-electron chi connectivity index (χ0n) is 15.8. The predicted molar refractivity (Wildman–Crippen MR) is 103 cm³/mol. The van der Waals surface area contributed by atoms with Crippen LogP contribution in [-0.4, -0.2) is 57.0 Å². The highest BCUT2D eigenvalue weighted by Crippen LogP contribution is 2.34. The molecule has 4 rings (SSSR count). The van der Waals surface area contributed by atoms with E-state index in [9.17, 15) is 13.2 Å². The molecule has 1 N–H and O–H groups in total. The number of benzene rings is 1. The molecule has 0 radical (unpaired) electrons. The van der Waals surface area contributed by atoms with Gasteiger partial charge in [-0.2, -0.15) is 0 Å². The standard InChI is InChI=1S/C19H26N2O6S/c22-19(20-15-4-5-17-18(11-15)27-13-26-17)14-6-8-21(9-7-14)28(23,24)12-16-3-1-2-10-25-16/h4-5,11,14,16H,1-3,6-10,12-13H2,(H,20,22). The van der Waals surface area contributed by atoms with Gasteiger partial charge in [-0.15, -0.1) is 0 Å². The Morgan fingerprint density at radius 2 is 1.89 bits per heavy atom. The van der Waals surface area contributed by atoms with Crippen molar-refractivity contribution in [3.05, 3.63) is 18.2 Å². The summed E-state index contributed by atoms with van der Waals surface area (Å²) in [7, 11) is -3.35. The van der Waals surface area contributed by atoms with Crippen LogP contribution in [0, 0.1) is 5.92 Å². The molecule has 3 aliphatic rings. The molecule has 0 bridgehead atoms. The average molecular weight is 410 g/mol. The van der Waals surface area contributed by atoms with E-state index >= 15 is 0 Å². The second-order valence-corrected chi connectivity index (χ2v) is 9.51. The van der Waals surface area contributed by atoms with Crippen molar-refractivity contribution in [3.63, 3.8) is 0 Å². The van der Waals surface area contributed by atoms with Gasteiger partial charge in [-0.1, -0.05) is 0 Å². The monoisotopic (exact) mass is 410 g/mol. The van der Waals surface area contributed by atoms with Crippen LogP contribution in [0.15, 0.2) is 18.2 Å².